The summed E-state index contributed by atoms with van der Waals surface area (Å²) >= 11 is 1.38. The van der Waals surface area contributed by atoms with Crippen molar-refractivity contribution >= 4 is 23.4 Å². The summed E-state index contributed by atoms with van der Waals surface area (Å²) in [7, 11) is 0. The van der Waals surface area contributed by atoms with Gasteiger partial charge in [-0.25, -0.2) is 14.6 Å². The minimum absolute atomic E-state index is 0.173. The molecule has 0 spiro atoms. The summed E-state index contributed by atoms with van der Waals surface area (Å²) < 4.78 is 10.2. The Labute approximate surface area is 167 Å². The number of thiazole rings is 1. The Balaban J connectivity index is 1.50. The van der Waals surface area contributed by atoms with Gasteiger partial charge in [0, 0.05) is 17.5 Å². The van der Waals surface area contributed by atoms with Crippen molar-refractivity contribution in [2.45, 2.75) is 20.1 Å². The van der Waals surface area contributed by atoms with E-state index >= 15 is 0 Å². The van der Waals surface area contributed by atoms with E-state index in [2.05, 4.69) is 10.3 Å². The molecule has 0 atom stereocenters. The largest absolute Gasteiger partial charge is 0.461 e. The molecule has 0 saturated carbocycles. The Morgan fingerprint density at radius 1 is 1.00 bits per heavy atom. The van der Waals surface area contributed by atoms with Gasteiger partial charge in [-0.3, -0.25) is 0 Å². The summed E-state index contributed by atoms with van der Waals surface area (Å²) in [6.45, 7) is 2.67. The van der Waals surface area contributed by atoms with Crippen LogP contribution >= 0.6 is 11.3 Å². The molecular weight excluding hydrogens is 376 g/mol. The van der Waals surface area contributed by atoms with Crippen LogP contribution in [-0.4, -0.2) is 23.7 Å². The second-order valence-electron chi connectivity index (χ2n) is 5.87. The average molecular weight is 396 g/mol. The predicted octanol–water partition coefficient (Wildman–Crippen LogP) is 4.41. The quantitative estimate of drug-likeness (QED) is 0.599. The van der Waals surface area contributed by atoms with Gasteiger partial charge in [-0.05, 0) is 18.1 Å². The van der Waals surface area contributed by atoms with Crippen LogP contribution in [0.15, 0.2) is 60.0 Å². The van der Waals surface area contributed by atoms with Gasteiger partial charge in [0.05, 0.1) is 6.61 Å². The van der Waals surface area contributed by atoms with E-state index < -0.39 is 12.1 Å². The van der Waals surface area contributed by atoms with E-state index in [-0.39, 0.29) is 6.61 Å². The fourth-order valence-corrected chi connectivity index (χ4v) is 3.21. The summed E-state index contributed by atoms with van der Waals surface area (Å²) in [4.78, 5) is 27.8. The fourth-order valence-electron chi connectivity index (χ4n) is 2.42. The minimum Gasteiger partial charge on any atom is -0.461 e. The Bertz CT molecular complexity index is 923. The smallest absolute Gasteiger partial charge is 0.407 e. The molecule has 0 bridgehead atoms. The molecule has 0 radical (unpaired) electrons. The number of hydrogen-bond acceptors (Lipinski definition) is 6. The first-order chi connectivity index (χ1) is 13.7. The molecule has 0 aliphatic rings. The van der Waals surface area contributed by atoms with Crippen LogP contribution in [0.2, 0.25) is 0 Å². The number of ether oxygens (including phenoxy) is 2. The molecule has 1 N–H and O–H groups in total. The number of esters is 1. The Kier molecular flexibility index (Phi) is 6.75. The van der Waals surface area contributed by atoms with Gasteiger partial charge in [0.2, 0.25) is 0 Å². The normalized spacial score (nSPS) is 10.3. The summed E-state index contributed by atoms with van der Waals surface area (Å²) in [6, 6.07) is 17.1. The number of amides is 1. The first-order valence-electron chi connectivity index (χ1n) is 8.82. The Morgan fingerprint density at radius 3 is 2.46 bits per heavy atom. The number of nitrogens with one attached hydrogen (secondary N) is 1. The highest BCUT2D eigenvalue weighted by Gasteiger charge is 2.12. The monoisotopic (exact) mass is 396 g/mol. The minimum atomic E-state index is -0.466. The highest BCUT2D eigenvalue weighted by molar-refractivity contribution is 7.13. The molecule has 0 aliphatic carbocycles. The molecule has 0 saturated heterocycles. The molecule has 0 unspecified atom stereocenters. The van der Waals surface area contributed by atoms with Gasteiger partial charge in [0.1, 0.15) is 11.6 Å². The van der Waals surface area contributed by atoms with Crippen LogP contribution in [0, 0.1) is 0 Å². The molecule has 3 rings (SSSR count). The van der Waals surface area contributed by atoms with E-state index in [1.807, 2.05) is 54.6 Å². The van der Waals surface area contributed by atoms with Crippen LogP contribution in [-0.2, 0) is 22.6 Å². The molecule has 1 aromatic heterocycles. The second-order valence-corrected chi connectivity index (χ2v) is 6.73. The summed E-state index contributed by atoms with van der Waals surface area (Å²) in [5.41, 5.74) is 3.07. The number of carbonyl (C=O) groups is 2. The molecule has 7 heteroatoms. The first-order valence-corrected chi connectivity index (χ1v) is 9.70. The number of nitrogens with zero attached hydrogens (tertiary/aromatic N) is 1. The molecule has 0 fully saturated rings. The van der Waals surface area contributed by atoms with Crippen molar-refractivity contribution in [3.8, 4) is 10.6 Å². The first kappa shape index (κ1) is 19.6. The summed E-state index contributed by atoms with van der Waals surface area (Å²) in [6.07, 6.45) is -0.466. The zero-order chi connectivity index (χ0) is 19.8. The van der Waals surface area contributed by atoms with Crippen molar-refractivity contribution in [1.82, 2.24) is 10.3 Å². The van der Waals surface area contributed by atoms with E-state index in [1.54, 1.807) is 12.3 Å². The van der Waals surface area contributed by atoms with E-state index in [0.29, 0.717) is 18.8 Å². The van der Waals surface area contributed by atoms with Gasteiger partial charge in [0.15, 0.2) is 5.69 Å². The van der Waals surface area contributed by atoms with Crippen molar-refractivity contribution in [2.75, 3.05) is 6.61 Å². The summed E-state index contributed by atoms with van der Waals surface area (Å²) in [5, 5.41) is 5.13. The average Bonchev–Trinajstić information content (AvgIpc) is 3.22. The third kappa shape index (κ3) is 5.40. The third-order valence-electron chi connectivity index (χ3n) is 3.84. The molecule has 28 heavy (non-hydrogen) atoms. The van der Waals surface area contributed by atoms with Crippen LogP contribution in [0.1, 0.15) is 28.5 Å². The van der Waals surface area contributed by atoms with Crippen molar-refractivity contribution in [3.05, 3.63) is 76.8 Å². The summed E-state index contributed by atoms with van der Waals surface area (Å²) in [5.74, 6) is -0.420. The molecule has 1 amide bonds. The van der Waals surface area contributed by atoms with Crippen LogP contribution in [0.4, 0.5) is 4.79 Å². The Morgan fingerprint density at radius 2 is 1.75 bits per heavy atom. The number of alkyl carbamates (subject to hydrolysis) is 1. The molecule has 6 nitrogen and oxygen atoms in total. The number of hydrogen-bond donors (Lipinski definition) is 1. The lowest BCUT2D eigenvalue weighted by molar-refractivity contribution is 0.0520. The highest BCUT2D eigenvalue weighted by Crippen LogP contribution is 2.24. The van der Waals surface area contributed by atoms with Crippen molar-refractivity contribution in [3.63, 3.8) is 0 Å². The number of aromatic nitrogens is 1. The van der Waals surface area contributed by atoms with Crippen molar-refractivity contribution < 1.29 is 19.1 Å². The number of carbonyl (C=O) groups excluding carboxylic acids is 2. The lowest BCUT2D eigenvalue weighted by Gasteiger charge is -2.07. The van der Waals surface area contributed by atoms with E-state index in [1.165, 1.54) is 11.3 Å². The zero-order valence-corrected chi connectivity index (χ0v) is 16.2. The van der Waals surface area contributed by atoms with Gasteiger partial charge in [-0.1, -0.05) is 54.6 Å². The van der Waals surface area contributed by atoms with Crippen molar-refractivity contribution in [2.24, 2.45) is 0 Å². The zero-order valence-electron chi connectivity index (χ0n) is 15.4. The van der Waals surface area contributed by atoms with E-state index in [0.717, 1.165) is 21.7 Å². The van der Waals surface area contributed by atoms with Crippen LogP contribution in [0.5, 0.6) is 0 Å². The SMILES string of the molecule is CCOC(=O)c1csc(-c2ccc(COC(=O)NCc3ccccc3)cc2)n1. The molecule has 3 aromatic rings. The maximum absolute atomic E-state index is 11.8. The Hall–Kier alpha value is -3.19. The maximum atomic E-state index is 11.8. The van der Waals surface area contributed by atoms with Crippen molar-refractivity contribution in [1.29, 1.82) is 0 Å². The maximum Gasteiger partial charge on any atom is 0.407 e. The van der Waals surface area contributed by atoms with Gasteiger partial charge in [-0.2, -0.15) is 0 Å². The lowest BCUT2D eigenvalue weighted by Crippen LogP contribution is -2.23. The van der Waals surface area contributed by atoms with E-state index in [4.69, 9.17) is 9.47 Å². The van der Waals surface area contributed by atoms with Crippen LogP contribution < -0.4 is 5.32 Å². The van der Waals surface area contributed by atoms with Gasteiger partial charge < -0.3 is 14.8 Å². The predicted molar refractivity (Wildman–Crippen MR) is 107 cm³/mol. The van der Waals surface area contributed by atoms with Gasteiger partial charge in [0.25, 0.3) is 0 Å². The number of rotatable bonds is 7. The second kappa shape index (κ2) is 9.66. The topological polar surface area (TPSA) is 77.5 Å². The highest BCUT2D eigenvalue weighted by atomic mass is 32.1. The molecule has 0 aliphatic heterocycles. The van der Waals surface area contributed by atoms with Crippen LogP contribution in [0.25, 0.3) is 10.6 Å². The lowest BCUT2D eigenvalue weighted by atomic mass is 10.1. The van der Waals surface area contributed by atoms with Crippen LogP contribution in [0.3, 0.4) is 0 Å². The van der Waals surface area contributed by atoms with Gasteiger partial charge in [-0.15, -0.1) is 11.3 Å². The number of benzene rings is 2. The molecule has 1 heterocycles. The molecule has 144 valence electrons. The molecular formula is C21H20N2O4S. The van der Waals surface area contributed by atoms with Gasteiger partial charge >= 0.3 is 12.1 Å². The molecule has 2 aromatic carbocycles. The standard InChI is InChI=1S/C21H20N2O4S/c1-2-26-20(24)18-14-28-19(23-18)17-10-8-16(9-11-17)13-27-21(25)22-12-15-6-4-3-5-7-15/h3-11,14H,2,12-13H2,1H3,(H,22,25). The third-order valence-corrected chi connectivity index (χ3v) is 4.73. The fraction of sp³-hybridized carbons (Fsp3) is 0.190. The van der Waals surface area contributed by atoms with E-state index in [9.17, 15) is 9.59 Å².